The smallest absolute Gasteiger partial charge is 0.118 e. The van der Waals surface area contributed by atoms with Gasteiger partial charge in [-0.05, 0) is 49.6 Å². The number of methoxy groups -OCH3 is 1. The van der Waals surface area contributed by atoms with Crippen molar-refractivity contribution in [3.63, 3.8) is 0 Å². The Morgan fingerprint density at radius 2 is 2.00 bits per heavy atom. The van der Waals surface area contributed by atoms with Crippen molar-refractivity contribution >= 4 is 0 Å². The molecule has 3 nitrogen and oxygen atoms in total. The normalized spacial score (nSPS) is 12.3. The Labute approximate surface area is 114 Å². The fourth-order valence-electron chi connectivity index (χ4n) is 1.97. The van der Waals surface area contributed by atoms with Gasteiger partial charge >= 0.3 is 0 Å². The molecule has 2 aromatic rings. The zero-order valence-corrected chi connectivity index (χ0v) is 11.6. The summed E-state index contributed by atoms with van der Waals surface area (Å²) in [6, 6.07) is 12.6. The average Bonchev–Trinajstić information content (AvgIpc) is 2.96. The summed E-state index contributed by atoms with van der Waals surface area (Å²) in [5.41, 5.74) is 1.34. The lowest BCUT2D eigenvalue weighted by molar-refractivity contribution is 0.414. The molecule has 0 amide bonds. The van der Waals surface area contributed by atoms with Gasteiger partial charge in [-0.3, -0.25) is 0 Å². The number of ether oxygens (including phenoxy) is 1. The Bertz CT molecular complexity index is 462. The Morgan fingerprint density at radius 1 is 1.21 bits per heavy atom. The first-order valence-corrected chi connectivity index (χ1v) is 6.66. The highest BCUT2D eigenvalue weighted by Gasteiger charge is 2.03. The number of hydrogen-bond acceptors (Lipinski definition) is 3. The maximum absolute atomic E-state index is 5.30. The van der Waals surface area contributed by atoms with Gasteiger partial charge in [0.25, 0.3) is 0 Å². The van der Waals surface area contributed by atoms with Crippen molar-refractivity contribution in [3.8, 4) is 5.75 Å². The summed E-state index contributed by atoms with van der Waals surface area (Å²) in [5, 5.41) is 3.46. The molecule has 1 N–H and O–H groups in total. The molecule has 1 aromatic carbocycles. The number of benzene rings is 1. The second-order valence-electron chi connectivity index (χ2n) is 4.75. The predicted molar refractivity (Wildman–Crippen MR) is 76.3 cm³/mol. The lowest BCUT2D eigenvalue weighted by Gasteiger charge is -2.12. The first-order valence-electron chi connectivity index (χ1n) is 6.66. The molecule has 0 saturated carbocycles. The largest absolute Gasteiger partial charge is 0.497 e. The van der Waals surface area contributed by atoms with Crippen LogP contribution in [0.3, 0.4) is 0 Å². The van der Waals surface area contributed by atoms with Gasteiger partial charge in [-0.1, -0.05) is 12.1 Å². The first-order chi connectivity index (χ1) is 9.28. The number of nitrogens with one attached hydrogen (secondary N) is 1. The molecule has 1 atom stereocenters. The van der Waals surface area contributed by atoms with Crippen LogP contribution in [0.5, 0.6) is 5.75 Å². The fourth-order valence-corrected chi connectivity index (χ4v) is 1.97. The van der Waals surface area contributed by atoms with Gasteiger partial charge in [0.05, 0.1) is 19.9 Å². The lowest BCUT2D eigenvalue weighted by atomic mass is 10.1. The minimum Gasteiger partial charge on any atom is -0.497 e. The first kappa shape index (κ1) is 13.7. The van der Waals surface area contributed by atoms with Crippen LogP contribution in [0.15, 0.2) is 47.1 Å². The Kier molecular flexibility index (Phi) is 5.04. The summed E-state index contributed by atoms with van der Waals surface area (Å²) in [4.78, 5) is 0. The third kappa shape index (κ3) is 4.45. The minimum absolute atomic E-state index is 0.465. The molecule has 0 aliphatic carbocycles. The topological polar surface area (TPSA) is 34.4 Å². The predicted octanol–water partition coefficient (Wildman–Crippen LogP) is 3.40. The Hall–Kier alpha value is -1.74. The molecular formula is C16H21NO2. The van der Waals surface area contributed by atoms with E-state index in [1.54, 1.807) is 13.4 Å². The molecule has 0 saturated heterocycles. The summed E-state index contributed by atoms with van der Waals surface area (Å²) < 4.78 is 10.4. The monoisotopic (exact) mass is 259 g/mol. The van der Waals surface area contributed by atoms with Crippen molar-refractivity contribution in [2.75, 3.05) is 7.11 Å². The van der Waals surface area contributed by atoms with Crippen LogP contribution >= 0.6 is 0 Å². The van der Waals surface area contributed by atoms with Gasteiger partial charge in [0.15, 0.2) is 0 Å². The van der Waals surface area contributed by atoms with Crippen molar-refractivity contribution < 1.29 is 9.15 Å². The highest BCUT2D eigenvalue weighted by molar-refractivity contribution is 5.27. The van der Waals surface area contributed by atoms with E-state index in [0.717, 1.165) is 30.9 Å². The van der Waals surface area contributed by atoms with Crippen LogP contribution in [0.25, 0.3) is 0 Å². The van der Waals surface area contributed by atoms with Gasteiger partial charge in [-0.2, -0.15) is 0 Å². The quantitative estimate of drug-likeness (QED) is 0.827. The van der Waals surface area contributed by atoms with Gasteiger partial charge in [0, 0.05) is 6.04 Å². The number of furan rings is 1. The van der Waals surface area contributed by atoms with Gasteiger partial charge in [0.1, 0.15) is 11.5 Å². The molecule has 0 spiro atoms. The number of aryl methyl sites for hydroxylation is 1. The van der Waals surface area contributed by atoms with E-state index >= 15 is 0 Å². The van der Waals surface area contributed by atoms with Crippen LogP contribution in [-0.4, -0.2) is 13.2 Å². The summed E-state index contributed by atoms with van der Waals surface area (Å²) >= 11 is 0. The molecule has 1 heterocycles. The zero-order chi connectivity index (χ0) is 13.5. The van der Waals surface area contributed by atoms with E-state index in [-0.39, 0.29) is 0 Å². The van der Waals surface area contributed by atoms with E-state index in [9.17, 15) is 0 Å². The second kappa shape index (κ2) is 7.00. The second-order valence-corrected chi connectivity index (χ2v) is 4.75. The molecule has 19 heavy (non-hydrogen) atoms. The van der Waals surface area contributed by atoms with Gasteiger partial charge in [-0.15, -0.1) is 0 Å². The fraction of sp³-hybridized carbons (Fsp3) is 0.375. The summed E-state index contributed by atoms with van der Waals surface area (Å²) in [7, 11) is 1.69. The molecule has 0 fully saturated rings. The van der Waals surface area contributed by atoms with E-state index in [0.29, 0.717) is 6.04 Å². The molecular weight excluding hydrogens is 238 g/mol. The maximum Gasteiger partial charge on any atom is 0.118 e. The third-order valence-corrected chi connectivity index (χ3v) is 3.23. The molecule has 0 aliphatic rings. The van der Waals surface area contributed by atoms with Crippen LogP contribution < -0.4 is 10.1 Å². The average molecular weight is 259 g/mol. The molecule has 0 aliphatic heterocycles. The standard InChI is InChI=1S/C16H21NO2/c1-13(17-12-16-4-3-11-19-16)5-6-14-7-9-15(18-2)10-8-14/h3-4,7-11,13,17H,5-6,12H2,1-2H3/t13-/m1/s1. The van der Waals surface area contributed by atoms with E-state index < -0.39 is 0 Å². The summed E-state index contributed by atoms with van der Waals surface area (Å²) in [5.74, 6) is 1.89. The molecule has 0 bridgehead atoms. The molecule has 102 valence electrons. The van der Waals surface area contributed by atoms with Crippen molar-refractivity contribution in [3.05, 3.63) is 54.0 Å². The highest BCUT2D eigenvalue weighted by Crippen LogP contribution is 2.13. The molecule has 1 aromatic heterocycles. The van der Waals surface area contributed by atoms with Crippen LogP contribution in [-0.2, 0) is 13.0 Å². The highest BCUT2D eigenvalue weighted by atomic mass is 16.5. The van der Waals surface area contributed by atoms with Gasteiger partial charge in [0.2, 0.25) is 0 Å². The SMILES string of the molecule is COc1ccc(CC[C@@H](C)NCc2ccco2)cc1. The molecule has 3 heteroatoms. The van der Waals surface area contributed by atoms with Crippen molar-refractivity contribution in [2.24, 2.45) is 0 Å². The number of hydrogen-bond donors (Lipinski definition) is 1. The Balaban J connectivity index is 1.71. The van der Waals surface area contributed by atoms with Crippen molar-refractivity contribution in [1.82, 2.24) is 5.32 Å². The van der Waals surface area contributed by atoms with E-state index in [2.05, 4.69) is 24.4 Å². The molecule has 0 unspecified atom stereocenters. The molecule has 0 radical (unpaired) electrons. The van der Waals surface area contributed by atoms with Crippen LogP contribution in [0.2, 0.25) is 0 Å². The lowest BCUT2D eigenvalue weighted by Crippen LogP contribution is -2.25. The summed E-state index contributed by atoms with van der Waals surface area (Å²) in [6.07, 6.45) is 3.88. The van der Waals surface area contributed by atoms with Gasteiger partial charge < -0.3 is 14.5 Å². The van der Waals surface area contributed by atoms with Crippen LogP contribution in [0, 0.1) is 0 Å². The maximum atomic E-state index is 5.30. The third-order valence-electron chi connectivity index (χ3n) is 3.23. The Morgan fingerprint density at radius 3 is 2.63 bits per heavy atom. The molecule has 2 rings (SSSR count). The van der Waals surface area contributed by atoms with E-state index in [1.165, 1.54) is 5.56 Å². The van der Waals surface area contributed by atoms with Crippen molar-refractivity contribution in [2.45, 2.75) is 32.4 Å². The van der Waals surface area contributed by atoms with Crippen LogP contribution in [0.1, 0.15) is 24.7 Å². The zero-order valence-electron chi connectivity index (χ0n) is 11.6. The summed E-state index contributed by atoms with van der Waals surface area (Å²) in [6.45, 7) is 2.99. The minimum atomic E-state index is 0.465. The van der Waals surface area contributed by atoms with Crippen molar-refractivity contribution in [1.29, 1.82) is 0 Å². The van der Waals surface area contributed by atoms with Crippen LogP contribution in [0.4, 0.5) is 0 Å². The number of rotatable bonds is 7. The van der Waals surface area contributed by atoms with E-state index in [4.69, 9.17) is 9.15 Å². The van der Waals surface area contributed by atoms with E-state index in [1.807, 2.05) is 24.3 Å². The van der Waals surface area contributed by atoms with Gasteiger partial charge in [-0.25, -0.2) is 0 Å².